The highest BCUT2D eigenvalue weighted by molar-refractivity contribution is 5.35. The quantitative estimate of drug-likeness (QED) is 0.290. The van der Waals surface area contributed by atoms with E-state index >= 15 is 0 Å². The van der Waals surface area contributed by atoms with E-state index < -0.39 is 23.3 Å². The predicted octanol–water partition coefficient (Wildman–Crippen LogP) is 5.34. The molecule has 0 radical (unpaired) electrons. The lowest BCUT2D eigenvalue weighted by Crippen LogP contribution is -2.70. The number of ether oxygens (including phenoxy) is 4. The van der Waals surface area contributed by atoms with Crippen LogP contribution >= 0.6 is 0 Å². The van der Waals surface area contributed by atoms with Crippen molar-refractivity contribution in [2.75, 3.05) is 39.4 Å². The smallest absolute Gasteiger partial charge is 0.170 e. The van der Waals surface area contributed by atoms with Crippen LogP contribution in [0.15, 0.2) is 0 Å². The van der Waals surface area contributed by atoms with Gasteiger partial charge in [-0.1, -0.05) is 40.5 Å². The van der Waals surface area contributed by atoms with Crippen molar-refractivity contribution in [1.82, 2.24) is 9.80 Å². The van der Waals surface area contributed by atoms with E-state index in [2.05, 4.69) is 37.5 Å². The average molecular weight is 728 g/mol. The first-order valence-electron chi connectivity index (χ1n) is 21.9. The van der Waals surface area contributed by atoms with Gasteiger partial charge in [0.05, 0.1) is 42.2 Å². The first kappa shape index (κ1) is 37.2. The lowest BCUT2D eigenvalue weighted by molar-refractivity contribution is -0.252. The van der Waals surface area contributed by atoms with Crippen LogP contribution in [0.4, 0.5) is 0 Å². The SMILES string of the molecule is CCOC(C1CC(CC)C2C(O1)C(O)C1(N)C3CCC4C(C)(C)C(OC5CN(C6CN(C7CCC7)C6)CCO5)CCC45CC35CCC21C)C(C)(C)O. The lowest BCUT2D eigenvalue weighted by Gasteiger charge is -2.63. The van der Waals surface area contributed by atoms with Gasteiger partial charge in [-0.3, -0.25) is 9.80 Å². The molecule has 9 fully saturated rings. The first-order chi connectivity index (χ1) is 24.6. The Kier molecular flexibility index (Phi) is 9.00. The van der Waals surface area contributed by atoms with Crippen LogP contribution in [0, 0.1) is 45.3 Å². The minimum atomic E-state index is -1.04. The minimum Gasteiger partial charge on any atom is -0.388 e. The molecule has 2 spiro atoms. The van der Waals surface area contributed by atoms with Gasteiger partial charge in [0.15, 0.2) is 6.29 Å². The van der Waals surface area contributed by atoms with Crippen molar-refractivity contribution in [3.05, 3.63) is 0 Å². The Balaban J connectivity index is 0.915. The monoisotopic (exact) mass is 728 g/mol. The summed E-state index contributed by atoms with van der Waals surface area (Å²) in [5, 5.41) is 23.8. The van der Waals surface area contributed by atoms with Gasteiger partial charge in [-0.15, -0.1) is 0 Å². The third kappa shape index (κ3) is 5.04. The number of aliphatic hydroxyl groups excluding tert-OH is 1. The second kappa shape index (κ2) is 12.6. The second-order valence-corrected chi connectivity index (χ2v) is 21.0. The summed E-state index contributed by atoms with van der Waals surface area (Å²) in [6.45, 7) is 21.0. The Labute approximate surface area is 314 Å². The molecule has 9 aliphatic rings. The number of hydrogen-bond donors (Lipinski definition) is 3. The van der Waals surface area contributed by atoms with Crippen LogP contribution in [0.3, 0.4) is 0 Å². The van der Waals surface area contributed by atoms with E-state index in [9.17, 15) is 10.2 Å². The zero-order chi connectivity index (χ0) is 36.6. The maximum Gasteiger partial charge on any atom is 0.170 e. The molecule has 3 heterocycles. The molecule has 0 aromatic heterocycles. The number of fused-ring (bicyclic) bond motifs is 4. The van der Waals surface area contributed by atoms with Crippen LogP contribution in [0.25, 0.3) is 0 Å². The molecule has 0 amide bonds. The third-order valence-corrected chi connectivity index (χ3v) is 18.4. The Morgan fingerprint density at radius 1 is 0.923 bits per heavy atom. The fraction of sp³-hybridized carbons (Fsp3) is 1.00. The number of morpholine rings is 1. The summed E-state index contributed by atoms with van der Waals surface area (Å²) in [7, 11) is 0. The zero-order valence-electron chi connectivity index (χ0n) is 33.7. The fourth-order valence-corrected chi connectivity index (χ4v) is 15.5. The highest BCUT2D eigenvalue weighted by Gasteiger charge is 2.85. The lowest BCUT2D eigenvalue weighted by atomic mass is 9.43. The van der Waals surface area contributed by atoms with E-state index in [0.717, 1.165) is 64.3 Å². The van der Waals surface area contributed by atoms with Crippen molar-refractivity contribution < 1.29 is 29.2 Å². The topological polar surface area (TPSA) is 110 Å². The summed E-state index contributed by atoms with van der Waals surface area (Å²) in [6, 6.07) is 1.51. The molecule has 9 nitrogen and oxygen atoms in total. The fourth-order valence-electron chi connectivity index (χ4n) is 15.5. The molecule has 296 valence electrons. The van der Waals surface area contributed by atoms with Gasteiger partial charge in [-0.2, -0.15) is 0 Å². The maximum atomic E-state index is 12.6. The van der Waals surface area contributed by atoms with Crippen LogP contribution in [0.5, 0.6) is 0 Å². The highest BCUT2D eigenvalue weighted by Crippen LogP contribution is 2.87. The van der Waals surface area contributed by atoms with Gasteiger partial charge in [0.25, 0.3) is 0 Å². The predicted molar refractivity (Wildman–Crippen MR) is 200 cm³/mol. The van der Waals surface area contributed by atoms with Crippen molar-refractivity contribution in [1.29, 1.82) is 0 Å². The number of rotatable bonds is 9. The average Bonchev–Trinajstić information content (AvgIpc) is 3.69. The highest BCUT2D eigenvalue weighted by atomic mass is 16.7. The summed E-state index contributed by atoms with van der Waals surface area (Å²) >= 11 is 0. The molecule has 14 atom stereocenters. The van der Waals surface area contributed by atoms with E-state index in [1.165, 1.54) is 51.6 Å². The summed E-state index contributed by atoms with van der Waals surface area (Å²) < 4.78 is 26.5. The standard InChI is InChI=1S/C43H73N3O6/c1-8-26-21-29(37(49-9-2)39(5,6)48)51-35-34(26)40(7)17-18-42-25-41(42)16-15-32(38(3,4)30(41)13-14-31(42)43(40,44)36(35)47)52-33-24-45(19-20-50-33)28-22-46(23-28)27-11-10-12-27/h26-37,47-48H,8-25,44H2,1-7H3. The summed E-state index contributed by atoms with van der Waals surface area (Å²) in [5.41, 5.74) is 6.52. The molecular formula is C43H73N3O6. The normalized spacial score (nSPS) is 51.2. The van der Waals surface area contributed by atoms with Gasteiger partial charge in [0.2, 0.25) is 0 Å². The number of nitrogens with zero attached hydrogens (tertiary/aromatic N) is 2. The number of likely N-dealkylation sites (tertiary alicyclic amines) is 1. The molecular weight excluding hydrogens is 654 g/mol. The molecule has 3 saturated heterocycles. The molecule has 52 heavy (non-hydrogen) atoms. The van der Waals surface area contributed by atoms with Crippen molar-refractivity contribution in [3.63, 3.8) is 0 Å². The Morgan fingerprint density at radius 2 is 1.65 bits per heavy atom. The minimum absolute atomic E-state index is 0.0513. The Bertz CT molecular complexity index is 1350. The van der Waals surface area contributed by atoms with Crippen LogP contribution < -0.4 is 5.73 Å². The molecule has 14 unspecified atom stereocenters. The molecule has 6 aliphatic carbocycles. The van der Waals surface area contributed by atoms with Crippen molar-refractivity contribution in [2.24, 2.45) is 51.1 Å². The van der Waals surface area contributed by atoms with Gasteiger partial charge in [0, 0.05) is 44.9 Å². The Hall–Kier alpha value is -0.360. The van der Waals surface area contributed by atoms with E-state index in [1.807, 2.05) is 20.8 Å². The van der Waals surface area contributed by atoms with Crippen molar-refractivity contribution in [2.45, 2.75) is 186 Å². The van der Waals surface area contributed by atoms with Crippen LogP contribution in [0.1, 0.15) is 126 Å². The summed E-state index contributed by atoms with van der Waals surface area (Å²) in [5.74, 6) is 1.46. The van der Waals surface area contributed by atoms with Gasteiger partial charge in [0.1, 0.15) is 6.10 Å². The zero-order valence-corrected chi connectivity index (χ0v) is 33.7. The number of nitrogens with two attached hydrogens (primary N) is 1. The summed E-state index contributed by atoms with van der Waals surface area (Å²) in [6.07, 6.45) is 12.4. The van der Waals surface area contributed by atoms with Crippen LogP contribution in [-0.2, 0) is 18.9 Å². The third-order valence-electron chi connectivity index (χ3n) is 18.4. The van der Waals surface area contributed by atoms with E-state index in [4.69, 9.17) is 24.7 Å². The van der Waals surface area contributed by atoms with E-state index in [-0.39, 0.29) is 58.1 Å². The summed E-state index contributed by atoms with van der Waals surface area (Å²) in [4.78, 5) is 5.35. The largest absolute Gasteiger partial charge is 0.388 e. The molecule has 6 saturated carbocycles. The first-order valence-corrected chi connectivity index (χ1v) is 21.9. The Morgan fingerprint density at radius 3 is 2.33 bits per heavy atom. The molecule has 3 aliphatic heterocycles. The maximum absolute atomic E-state index is 12.6. The van der Waals surface area contributed by atoms with Gasteiger partial charge in [-0.05, 0) is 130 Å². The van der Waals surface area contributed by atoms with E-state index in [0.29, 0.717) is 24.5 Å². The number of aliphatic hydroxyl groups is 2. The molecule has 0 aromatic carbocycles. The molecule has 4 N–H and O–H groups in total. The molecule has 0 aromatic rings. The van der Waals surface area contributed by atoms with E-state index in [1.54, 1.807) is 0 Å². The van der Waals surface area contributed by atoms with Gasteiger partial charge < -0.3 is 34.9 Å². The van der Waals surface area contributed by atoms with Crippen LogP contribution in [0.2, 0.25) is 0 Å². The molecule has 9 heteroatoms. The number of hydrogen-bond acceptors (Lipinski definition) is 9. The molecule has 9 rings (SSSR count). The van der Waals surface area contributed by atoms with Crippen molar-refractivity contribution in [3.8, 4) is 0 Å². The van der Waals surface area contributed by atoms with Gasteiger partial charge in [-0.25, -0.2) is 0 Å². The van der Waals surface area contributed by atoms with Crippen LogP contribution in [-0.4, -0.2) is 119 Å². The second-order valence-electron chi connectivity index (χ2n) is 21.0. The molecule has 0 bridgehead atoms. The van der Waals surface area contributed by atoms with Gasteiger partial charge >= 0.3 is 0 Å². The van der Waals surface area contributed by atoms with Crippen molar-refractivity contribution >= 4 is 0 Å².